The molecule has 1 saturated heterocycles. The maximum absolute atomic E-state index is 12.2. The van der Waals surface area contributed by atoms with E-state index in [1.165, 1.54) is 0 Å². The van der Waals surface area contributed by atoms with Gasteiger partial charge < -0.3 is 4.90 Å². The van der Waals surface area contributed by atoms with Gasteiger partial charge in [-0.3, -0.25) is 4.79 Å². The van der Waals surface area contributed by atoms with E-state index in [9.17, 15) is 4.79 Å². The first-order valence-corrected chi connectivity index (χ1v) is 6.36. The molecule has 5 heteroatoms. The number of nitrogens with zero attached hydrogens (tertiary/aromatic N) is 2. The number of carbonyl (C=O) groups excluding carboxylic acids is 1. The van der Waals surface area contributed by atoms with Gasteiger partial charge in [0.25, 0.3) is 5.91 Å². The second-order valence-corrected chi connectivity index (χ2v) is 5.38. The zero-order valence-electron chi connectivity index (χ0n) is 9.78. The van der Waals surface area contributed by atoms with Crippen molar-refractivity contribution in [3.63, 3.8) is 0 Å². The highest BCUT2D eigenvalue weighted by atomic mass is 35.5. The Morgan fingerprint density at radius 3 is 2.41 bits per heavy atom. The van der Waals surface area contributed by atoms with E-state index in [1.54, 1.807) is 12.1 Å². The van der Waals surface area contributed by atoms with E-state index < -0.39 is 0 Å². The quantitative estimate of drug-likeness (QED) is 0.736. The number of hydrogen-bond acceptors (Lipinski definition) is 2. The van der Waals surface area contributed by atoms with Crippen molar-refractivity contribution in [2.75, 3.05) is 13.1 Å². The van der Waals surface area contributed by atoms with E-state index in [4.69, 9.17) is 23.2 Å². The van der Waals surface area contributed by atoms with Crippen LogP contribution in [0, 0.1) is 11.8 Å². The van der Waals surface area contributed by atoms with Gasteiger partial charge in [0, 0.05) is 13.1 Å². The lowest BCUT2D eigenvalue weighted by Crippen LogP contribution is -2.29. The van der Waals surface area contributed by atoms with Crippen LogP contribution >= 0.6 is 23.2 Å². The molecule has 0 saturated carbocycles. The Labute approximate surface area is 111 Å². The summed E-state index contributed by atoms with van der Waals surface area (Å²) in [5.74, 6) is 0.992. The van der Waals surface area contributed by atoms with E-state index in [2.05, 4.69) is 18.8 Å². The molecule has 1 aromatic rings. The number of amides is 1. The minimum absolute atomic E-state index is 0.0598. The largest absolute Gasteiger partial charge is 0.338 e. The summed E-state index contributed by atoms with van der Waals surface area (Å²) in [4.78, 5) is 17.9. The molecule has 0 bridgehead atoms. The Bertz CT molecular complexity index is 440. The van der Waals surface area contributed by atoms with Gasteiger partial charge in [-0.2, -0.15) is 0 Å². The van der Waals surface area contributed by atoms with Crippen LogP contribution in [0.1, 0.15) is 24.2 Å². The smallest absolute Gasteiger partial charge is 0.257 e. The number of hydrogen-bond donors (Lipinski definition) is 0. The van der Waals surface area contributed by atoms with Gasteiger partial charge in [-0.15, -0.1) is 0 Å². The Balaban J connectivity index is 2.20. The third-order valence-corrected chi connectivity index (χ3v) is 3.82. The van der Waals surface area contributed by atoms with Gasteiger partial charge in [0.15, 0.2) is 0 Å². The lowest BCUT2D eigenvalue weighted by atomic mass is 10.0. The molecule has 1 aliphatic heterocycles. The third kappa shape index (κ3) is 2.55. The normalized spacial score (nSPS) is 24.1. The Morgan fingerprint density at radius 2 is 1.88 bits per heavy atom. The molecule has 0 radical (unpaired) electrons. The molecule has 3 nitrogen and oxygen atoms in total. The van der Waals surface area contributed by atoms with E-state index in [-0.39, 0.29) is 11.1 Å². The summed E-state index contributed by atoms with van der Waals surface area (Å²) in [6, 6.07) is 3.22. The first kappa shape index (κ1) is 12.7. The molecular formula is C12H14Cl2N2O. The monoisotopic (exact) mass is 272 g/mol. The summed E-state index contributed by atoms with van der Waals surface area (Å²) in [6.07, 6.45) is 0. The molecule has 2 heterocycles. The molecule has 0 aliphatic carbocycles. The molecule has 17 heavy (non-hydrogen) atoms. The molecule has 2 unspecified atom stereocenters. The number of rotatable bonds is 1. The molecule has 2 rings (SSSR count). The average Bonchev–Trinajstić information content (AvgIpc) is 2.58. The molecule has 92 valence electrons. The molecule has 0 N–H and O–H groups in total. The number of likely N-dealkylation sites (tertiary alicyclic amines) is 1. The SMILES string of the molecule is CC1CN(C(=O)c2ccc(Cl)nc2Cl)CC1C. The van der Waals surface area contributed by atoms with Crippen LogP contribution < -0.4 is 0 Å². The van der Waals surface area contributed by atoms with Crippen LogP contribution in [-0.2, 0) is 0 Å². The van der Waals surface area contributed by atoms with Crippen LogP contribution in [0.15, 0.2) is 12.1 Å². The second kappa shape index (κ2) is 4.83. The van der Waals surface area contributed by atoms with Crippen LogP contribution in [0.3, 0.4) is 0 Å². The van der Waals surface area contributed by atoms with Gasteiger partial charge in [0.05, 0.1) is 5.56 Å². The topological polar surface area (TPSA) is 33.2 Å². The Morgan fingerprint density at radius 1 is 1.29 bits per heavy atom. The molecule has 1 amide bonds. The fourth-order valence-electron chi connectivity index (χ4n) is 2.04. The maximum atomic E-state index is 12.2. The van der Waals surface area contributed by atoms with Gasteiger partial charge in [0.1, 0.15) is 10.3 Å². The van der Waals surface area contributed by atoms with Crippen LogP contribution in [-0.4, -0.2) is 28.9 Å². The van der Waals surface area contributed by atoms with Crippen molar-refractivity contribution in [1.29, 1.82) is 0 Å². The molecule has 1 aromatic heterocycles. The zero-order chi connectivity index (χ0) is 12.6. The Kier molecular flexibility index (Phi) is 3.59. The van der Waals surface area contributed by atoms with Crippen LogP contribution in [0.2, 0.25) is 10.3 Å². The summed E-state index contributed by atoms with van der Waals surface area (Å²) in [6.45, 7) is 5.86. The van der Waals surface area contributed by atoms with Crippen LogP contribution in [0.25, 0.3) is 0 Å². The molecular weight excluding hydrogens is 259 g/mol. The molecule has 2 atom stereocenters. The predicted octanol–water partition coefficient (Wildman–Crippen LogP) is 3.12. The van der Waals surface area contributed by atoms with Gasteiger partial charge in [0.2, 0.25) is 0 Å². The lowest BCUT2D eigenvalue weighted by molar-refractivity contribution is 0.0785. The highest BCUT2D eigenvalue weighted by Crippen LogP contribution is 2.25. The fraction of sp³-hybridized carbons (Fsp3) is 0.500. The lowest BCUT2D eigenvalue weighted by Gasteiger charge is -2.16. The Hall–Kier alpha value is -0.800. The van der Waals surface area contributed by atoms with E-state index in [0.29, 0.717) is 22.6 Å². The highest BCUT2D eigenvalue weighted by Gasteiger charge is 2.30. The van der Waals surface area contributed by atoms with Crippen molar-refractivity contribution in [2.45, 2.75) is 13.8 Å². The molecule has 0 aromatic carbocycles. The van der Waals surface area contributed by atoms with Crippen molar-refractivity contribution in [3.8, 4) is 0 Å². The van der Waals surface area contributed by atoms with Gasteiger partial charge in [-0.25, -0.2) is 4.98 Å². The minimum atomic E-state index is -0.0598. The van der Waals surface area contributed by atoms with Crippen LogP contribution in [0.5, 0.6) is 0 Å². The van der Waals surface area contributed by atoms with Gasteiger partial charge in [-0.1, -0.05) is 37.0 Å². The maximum Gasteiger partial charge on any atom is 0.257 e. The van der Waals surface area contributed by atoms with Crippen molar-refractivity contribution in [3.05, 3.63) is 28.0 Å². The predicted molar refractivity (Wildman–Crippen MR) is 68.5 cm³/mol. The number of halogens is 2. The van der Waals surface area contributed by atoms with Crippen molar-refractivity contribution in [2.24, 2.45) is 11.8 Å². The zero-order valence-corrected chi connectivity index (χ0v) is 11.3. The first-order chi connectivity index (χ1) is 7.99. The van der Waals surface area contributed by atoms with Gasteiger partial charge in [-0.05, 0) is 24.0 Å². The number of pyridine rings is 1. The summed E-state index contributed by atoms with van der Waals surface area (Å²) < 4.78 is 0. The van der Waals surface area contributed by atoms with Gasteiger partial charge >= 0.3 is 0 Å². The second-order valence-electron chi connectivity index (χ2n) is 4.64. The third-order valence-electron chi connectivity index (χ3n) is 3.32. The number of aromatic nitrogens is 1. The minimum Gasteiger partial charge on any atom is -0.338 e. The molecule has 1 fully saturated rings. The summed E-state index contributed by atoms with van der Waals surface area (Å²) in [7, 11) is 0. The standard InChI is InChI=1S/C12H14Cl2N2O/c1-7-5-16(6-8(7)2)12(17)9-3-4-10(13)15-11(9)14/h3-4,7-8H,5-6H2,1-2H3. The highest BCUT2D eigenvalue weighted by molar-refractivity contribution is 6.34. The van der Waals surface area contributed by atoms with Crippen molar-refractivity contribution < 1.29 is 4.79 Å². The molecule has 0 spiro atoms. The van der Waals surface area contributed by atoms with E-state index in [1.807, 2.05) is 4.90 Å². The number of carbonyl (C=O) groups is 1. The van der Waals surface area contributed by atoms with E-state index >= 15 is 0 Å². The fourth-order valence-corrected chi connectivity index (χ4v) is 2.46. The summed E-state index contributed by atoms with van der Waals surface area (Å²) in [5, 5.41) is 0.476. The summed E-state index contributed by atoms with van der Waals surface area (Å²) in [5.41, 5.74) is 0.428. The van der Waals surface area contributed by atoms with E-state index in [0.717, 1.165) is 13.1 Å². The van der Waals surface area contributed by atoms with Crippen LogP contribution in [0.4, 0.5) is 0 Å². The first-order valence-electron chi connectivity index (χ1n) is 5.60. The van der Waals surface area contributed by atoms with Crippen molar-refractivity contribution >= 4 is 29.1 Å². The summed E-state index contributed by atoms with van der Waals surface area (Å²) >= 11 is 11.6. The van der Waals surface area contributed by atoms with Crippen molar-refractivity contribution in [1.82, 2.24) is 9.88 Å². The average molecular weight is 273 g/mol. The molecule has 1 aliphatic rings.